The minimum atomic E-state index is -2.50. The van der Waals surface area contributed by atoms with Crippen molar-refractivity contribution in [2.45, 2.75) is 25.2 Å². The minimum absolute atomic E-state index is 0.133. The van der Waals surface area contributed by atoms with Gasteiger partial charge in [-0.25, -0.2) is 8.78 Å². The summed E-state index contributed by atoms with van der Waals surface area (Å²) in [4.78, 5) is 16.3. The van der Waals surface area contributed by atoms with Crippen molar-refractivity contribution in [3.05, 3.63) is 24.3 Å². The molecule has 1 amide bonds. The standard InChI is InChI=1S/C18H23F2N3O/c19-18(20)15-7-10-22(11-16(15)18)12-17(24)21-13-3-5-14(6-4-13)23-8-1-2-9-23/h3-6,15-16H,1-2,7-12H2,(H,21,24)/t15-,16-/m1/s1. The van der Waals surface area contributed by atoms with E-state index in [1.165, 1.54) is 18.5 Å². The Balaban J connectivity index is 1.28. The van der Waals surface area contributed by atoms with E-state index in [4.69, 9.17) is 0 Å². The molecule has 1 N–H and O–H groups in total. The summed E-state index contributed by atoms with van der Waals surface area (Å²) in [5.74, 6) is -3.63. The molecule has 2 saturated heterocycles. The second-order valence-electron chi connectivity index (χ2n) is 7.20. The van der Waals surface area contributed by atoms with Crippen LogP contribution in [-0.2, 0) is 4.79 Å². The third kappa shape index (κ3) is 2.99. The van der Waals surface area contributed by atoms with Crippen molar-refractivity contribution >= 4 is 17.3 Å². The van der Waals surface area contributed by atoms with Gasteiger partial charge in [0.25, 0.3) is 5.92 Å². The number of anilines is 2. The van der Waals surface area contributed by atoms with Crippen LogP contribution in [0, 0.1) is 11.8 Å². The number of hydrogen-bond donors (Lipinski definition) is 1. The van der Waals surface area contributed by atoms with Crippen LogP contribution < -0.4 is 10.2 Å². The molecule has 0 radical (unpaired) electrons. The second kappa shape index (κ2) is 5.99. The van der Waals surface area contributed by atoms with Crippen LogP contribution in [0.3, 0.4) is 0 Å². The summed E-state index contributed by atoms with van der Waals surface area (Å²) in [6.45, 7) is 3.28. The molecule has 2 atom stereocenters. The maximum Gasteiger partial charge on any atom is 0.255 e. The van der Waals surface area contributed by atoms with E-state index in [1.807, 2.05) is 29.2 Å². The Hall–Kier alpha value is -1.69. The van der Waals surface area contributed by atoms with Gasteiger partial charge in [0.1, 0.15) is 0 Å². The van der Waals surface area contributed by atoms with E-state index in [2.05, 4.69) is 10.2 Å². The maximum atomic E-state index is 13.4. The number of amides is 1. The summed E-state index contributed by atoms with van der Waals surface area (Å²) >= 11 is 0. The van der Waals surface area contributed by atoms with Crippen molar-refractivity contribution in [2.24, 2.45) is 11.8 Å². The number of halogens is 2. The van der Waals surface area contributed by atoms with Crippen molar-refractivity contribution < 1.29 is 13.6 Å². The molecule has 3 fully saturated rings. The first-order chi connectivity index (χ1) is 11.5. The van der Waals surface area contributed by atoms with Gasteiger partial charge in [0.15, 0.2) is 0 Å². The Kier molecular flexibility index (Phi) is 3.95. The number of hydrogen-bond acceptors (Lipinski definition) is 3. The Bertz CT molecular complexity index is 613. The molecular formula is C18H23F2N3O. The highest BCUT2D eigenvalue weighted by Gasteiger charge is 2.68. The largest absolute Gasteiger partial charge is 0.372 e. The molecule has 4 nitrogen and oxygen atoms in total. The molecule has 0 aromatic heterocycles. The number of alkyl halides is 2. The fourth-order valence-electron chi connectivity index (χ4n) is 4.07. The van der Waals surface area contributed by atoms with Crippen LogP contribution in [-0.4, -0.2) is 49.5 Å². The summed E-state index contributed by atoms with van der Waals surface area (Å²) in [6, 6.07) is 7.87. The van der Waals surface area contributed by atoms with Crippen LogP contribution in [0.25, 0.3) is 0 Å². The zero-order valence-electron chi connectivity index (χ0n) is 13.7. The van der Waals surface area contributed by atoms with Crippen molar-refractivity contribution in [1.82, 2.24) is 4.90 Å². The van der Waals surface area contributed by atoms with Gasteiger partial charge < -0.3 is 10.2 Å². The first-order valence-electron chi connectivity index (χ1n) is 8.79. The van der Waals surface area contributed by atoms with Crippen LogP contribution in [0.15, 0.2) is 24.3 Å². The van der Waals surface area contributed by atoms with Gasteiger partial charge in [-0.05, 0) is 50.1 Å². The van der Waals surface area contributed by atoms with Gasteiger partial charge in [-0.2, -0.15) is 0 Å². The number of carbonyl (C=O) groups is 1. The van der Waals surface area contributed by atoms with Crippen molar-refractivity contribution in [1.29, 1.82) is 0 Å². The average Bonchev–Trinajstić information content (AvgIpc) is 2.95. The molecule has 0 spiro atoms. The number of fused-ring (bicyclic) bond motifs is 1. The Morgan fingerprint density at radius 2 is 1.83 bits per heavy atom. The van der Waals surface area contributed by atoms with Gasteiger partial charge >= 0.3 is 0 Å². The molecule has 1 aromatic carbocycles. The molecule has 2 aliphatic heterocycles. The number of nitrogens with zero attached hydrogens (tertiary/aromatic N) is 2. The van der Waals surface area contributed by atoms with E-state index in [0.29, 0.717) is 19.5 Å². The van der Waals surface area contributed by atoms with Crippen LogP contribution in [0.4, 0.5) is 20.2 Å². The smallest absolute Gasteiger partial charge is 0.255 e. The molecule has 24 heavy (non-hydrogen) atoms. The van der Waals surface area contributed by atoms with Gasteiger partial charge in [-0.15, -0.1) is 0 Å². The van der Waals surface area contributed by atoms with Crippen LogP contribution in [0.2, 0.25) is 0 Å². The molecule has 130 valence electrons. The number of piperidine rings is 1. The quantitative estimate of drug-likeness (QED) is 0.919. The minimum Gasteiger partial charge on any atom is -0.372 e. The molecular weight excluding hydrogens is 312 g/mol. The summed E-state index contributed by atoms with van der Waals surface area (Å²) in [7, 11) is 0. The van der Waals surface area contributed by atoms with E-state index in [1.54, 1.807) is 0 Å². The predicted octanol–water partition coefficient (Wildman–Crippen LogP) is 2.81. The number of likely N-dealkylation sites (tertiary alicyclic amines) is 1. The van der Waals surface area contributed by atoms with Gasteiger partial charge in [0.05, 0.1) is 6.54 Å². The lowest BCUT2D eigenvalue weighted by atomic mass is 10.1. The number of benzene rings is 1. The third-order valence-electron chi connectivity index (χ3n) is 5.57. The molecule has 2 heterocycles. The lowest BCUT2D eigenvalue weighted by Gasteiger charge is -2.24. The summed E-state index contributed by atoms with van der Waals surface area (Å²) in [6.07, 6.45) is 2.96. The van der Waals surface area contributed by atoms with Gasteiger partial charge in [0.2, 0.25) is 5.91 Å². The zero-order valence-corrected chi connectivity index (χ0v) is 13.7. The van der Waals surface area contributed by atoms with Crippen LogP contribution in [0.5, 0.6) is 0 Å². The lowest BCUT2D eigenvalue weighted by molar-refractivity contribution is -0.117. The number of rotatable bonds is 4. The molecule has 0 unspecified atom stereocenters. The maximum absolute atomic E-state index is 13.4. The first-order valence-corrected chi connectivity index (χ1v) is 8.79. The molecule has 1 aliphatic carbocycles. The summed E-state index contributed by atoms with van der Waals surface area (Å²) < 4.78 is 26.8. The predicted molar refractivity (Wildman–Crippen MR) is 89.5 cm³/mol. The first kappa shape index (κ1) is 15.8. The molecule has 3 aliphatic rings. The highest BCUT2D eigenvalue weighted by atomic mass is 19.3. The van der Waals surface area contributed by atoms with Crippen molar-refractivity contribution in [3.63, 3.8) is 0 Å². The topological polar surface area (TPSA) is 35.6 Å². The Morgan fingerprint density at radius 1 is 1.12 bits per heavy atom. The Labute approximate surface area is 140 Å². The Morgan fingerprint density at radius 3 is 2.50 bits per heavy atom. The molecule has 0 bridgehead atoms. The molecule has 1 aromatic rings. The SMILES string of the molecule is O=C(CN1CC[C@@H]2[C@@H](C1)C2(F)F)Nc1ccc(N2CCCC2)cc1. The highest BCUT2D eigenvalue weighted by Crippen LogP contribution is 2.58. The molecule has 6 heteroatoms. The number of carbonyl (C=O) groups excluding carboxylic acids is 1. The van der Waals surface area contributed by atoms with E-state index in [0.717, 1.165) is 18.8 Å². The summed E-state index contributed by atoms with van der Waals surface area (Å²) in [5, 5.41) is 2.87. The monoisotopic (exact) mass is 335 g/mol. The summed E-state index contributed by atoms with van der Waals surface area (Å²) in [5.41, 5.74) is 1.94. The number of nitrogens with one attached hydrogen (secondary N) is 1. The van der Waals surface area contributed by atoms with Gasteiger partial charge in [0, 0.05) is 42.8 Å². The van der Waals surface area contributed by atoms with Crippen LogP contribution in [0.1, 0.15) is 19.3 Å². The average molecular weight is 335 g/mol. The second-order valence-corrected chi connectivity index (χ2v) is 7.20. The van der Waals surface area contributed by atoms with E-state index in [-0.39, 0.29) is 12.5 Å². The third-order valence-corrected chi connectivity index (χ3v) is 5.57. The molecule has 1 saturated carbocycles. The van der Waals surface area contributed by atoms with Crippen molar-refractivity contribution in [3.8, 4) is 0 Å². The fraction of sp³-hybridized carbons (Fsp3) is 0.611. The van der Waals surface area contributed by atoms with E-state index < -0.39 is 17.8 Å². The van der Waals surface area contributed by atoms with Gasteiger partial charge in [-0.1, -0.05) is 0 Å². The van der Waals surface area contributed by atoms with E-state index >= 15 is 0 Å². The fourth-order valence-corrected chi connectivity index (χ4v) is 4.07. The zero-order chi connectivity index (χ0) is 16.7. The van der Waals surface area contributed by atoms with E-state index in [9.17, 15) is 13.6 Å². The highest BCUT2D eigenvalue weighted by molar-refractivity contribution is 5.92. The molecule has 4 rings (SSSR count). The lowest BCUT2D eigenvalue weighted by Crippen LogP contribution is -2.38. The van der Waals surface area contributed by atoms with Crippen LogP contribution >= 0.6 is 0 Å². The van der Waals surface area contributed by atoms with Crippen molar-refractivity contribution in [2.75, 3.05) is 42.9 Å². The normalized spacial score (nSPS) is 28.5. The van der Waals surface area contributed by atoms with Gasteiger partial charge in [-0.3, -0.25) is 9.69 Å².